The van der Waals surface area contributed by atoms with E-state index in [1.165, 1.54) is 0 Å². The first-order chi connectivity index (χ1) is 7.66. The molecule has 0 radical (unpaired) electrons. The van der Waals surface area contributed by atoms with Crippen LogP contribution in [0.1, 0.15) is 12.8 Å². The number of hydrogen-bond acceptors (Lipinski definition) is 6. The summed E-state index contributed by atoms with van der Waals surface area (Å²) in [7, 11) is 0. The van der Waals surface area contributed by atoms with Crippen molar-refractivity contribution in [3.63, 3.8) is 0 Å². The molecule has 3 heterocycles. The van der Waals surface area contributed by atoms with Crippen molar-refractivity contribution >= 4 is 11.9 Å². The maximum absolute atomic E-state index is 11.6. The monoisotopic (exact) mass is 222 g/mol. The average molecular weight is 222 g/mol. The zero-order chi connectivity index (χ0) is 11.4. The summed E-state index contributed by atoms with van der Waals surface area (Å²) in [5, 5.41) is 12.1. The Morgan fingerprint density at radius 3 is 2.44 bits per heavy atom. The highest BCUT2D eigenvalue weighted by Crippen LogP contribution is 2.49. The van der Waals surface area contributed by atoms with Crippen molar-refractivity contribution in [1.29, 1.82) is 5.26 Å². The number of nitriles is 1. The van der Waals surface area contributed by atoms with Crippen molar-refractivity contribution in [1.82, 2.24) is 5.32 Å². The van der Waals surface area contributed by atoms with Crippen LogP contribution in [0.15, 0.2) is 0 Å². The fraction of sp³-hybridized carbons (Fsp3) is 0.700. The van der Waals surface area contributed by atoms with Crippen LogP contribution in [0.25, 0.3) is 0 Å². The Hall–Kier alpha value is -1.61. The van der Waals surface area contributed by atoms with Gasteiger partial charge in [-0.05, 0) is 0 Å². The second-order valence-corrected chi connectivity index (χ2v) is 4.40. The number of hydrogen-bond donors (Lipinski definition) is 1. The Bertz CT molecular complexity index is 429. The fourth-order valence-corrected chi connectivity index (χ4v) is 2.65. The Labute approximate surface area is 91.5 Å². The Kier molecular flexibility index (Phi) is 1.64. The molecule has 1 N–H and O–H groups in total. The van der Waals surface area contributed by atoms with E-state index in [2.05, 4.69) is 5.32 Å². The third kappa shape index (κ3) is 0.895. The van der Waals surface area contributed by atoms with Crippen LogP contribution in [-0.4, -0.2) is 36.7 Å². The van der Waals surface area contributed by atoms with Crippen molar-refractivity contribution in [2.45, 2.75) is 24.4 Å². The minimum absolute atomic E-state index is 0.246. The van der Waals surface area contributed by atoms with Gasteiger partial charge in [0.15, 0.2) is 5.41 Å². The second kappa shape index (κ2) is 2.74. The summed E-state index contributed by atoms with van der Waals surface area (Å²) in [6.45, 7) is 0.592. The molecule has 16 heavy (non-hydrogen) atoms. The topological polar surface area (TPSA) is 98.3 Å². The van der Waals surface area contributed by atoms with Gasteiger partial charge in [0.25, 0.3) is 0 Å². The van der Waals surface area contributed by atoms with E-state index >= 15 is 0 Å². The summed E-state index contributed by atoms with van der Waals surface area (Å²) < 4.78 is 9.73. The maximum atomic E-state index is 11.6. The molecular formula is C10H10N2O4. The van der Waals surface area contributed by atoms with E-state index in [4.69, 9.17) is 9.47 Å². The van der Waals surface area contributed by atoms with Gasteiger partial charge in [0.1, 0.15) is 5.54 Å². The summed E-state index contributed by atoms with van der Waals surface area (Å²) in [4.78, 5) is 23.2. The highest BCUT2D eigenvalue weighted by atomic mass is 16.5. The second-order valence-electron chi connectivity index (χ2n) is 4.40. The first-order valence-corrected chi connectivity index (χ1v) is 5.19. The molecule has 0 amide bonds. The molecule has 0 aromatic rings. The van der Waals surface area contributed by atoms with E-state index in [1.54, 1.807) is 0 Å². The number of carbonyl (C=O) groups excluding carboxylic acids is 2. The zero-order valence-electron chi connectivity index (χ0n) is 8.49. The molecule has 3 fully saturated rings. The van der Waals surface area contributed by atoms with Crippen LogP contribution < -0.4 is 5.32 Å². The SMILES string of the molecule is N#C[C@]1([C@H]2N[C@@]23CCOC3=O)CCOC1=O. The summed E-state index contributed by atoms with van der Waals surface area (Å²) >= 11 is 0. The summed E-state index contributed by atoms with van der Waals surface area (Å²) in [5.74, 6) is -0.879. The lowest BCUT2D eigenvalue weighted by Gasteiger charge is -2.14. The molecule has 3 aliphatic rings. The van der Waals surface area contributed by atoms with E-state index in [0.717, 1.165) is 0 Å². The van der Waals surface area contributed by atoms with Gasteiger partial charge in [0.2, 0.25) is 0 Å². The molecule has 6 heteroatoms. The molecule has 0 saturated carbocycles. The number of nitrogens with one attached hydrogen (secondary N) is 1. The third-order valence-corrected chi connectivity index (χ3v) is 3.69. The Morgan fingerprint density at radius 2 is 1.94 bits per heavy atom. The van der Waals surface area contributed by atoms with Gasteiger partial charge in [0.05, 0.1) is 25.3 Å². The minimum atomic E-state index is -1.20. The number of cyclic esters (lactones) is 2. The van der Waals surface area contributed by atoms with Crippen molar-refractivity contribution in [3.05, 3.63) is 0 Å². The van der Waals surface area contributed by atoms with Crippen LogP contribution in [0, 0.1) is 16.7 Å². The van der Waals surface area contributed by atoms with Crippen LogP contribution >= 0.6 is 0 Å². The van der Waals surface area contributed by atoms with E-state index in [0.29, 0.717) is 19.4 Å². The van der Waals surface area contributed by atoms with Gasteiger partial charge in [-0.15, -0.1) is 0 Å². The lowest BCUT2D eigenvalue weighted by Crippen LogP contribution is -2.37. The van der Waals surface area contributed by atoms with Gasteiger partial charge in [-0.1, -0.05) is 0 Å². The highest BCUT2D eigenvalue weighted by molar-refractivity contribution is 5.93. The summed E-state index contributed by atoms with van der Waals surface area (Å²) in [6, 6.07) is 1.57. The number of carbonyl (C=O) groups is 2. The zero-order valence-corrected chi connectivity index (χ0v) is 8.49. The molecule has 0 aromatic heterocycles. The third-order valence-electron chi connectivity index (χ3n) is 3.69. The molecule has 3 atom stereocenters. The normalized spacial score (nSPS) is 45.3. The number of esters is 2. The maximum Gasteiger partial charge on any atom is 0.328 e. The van der Waals surface area contributed by atoms with Crippen LogP contribution in [0.2, 0.25) is 0 Å². The number of ether oxygens (including phenoxy) is 2. The molecule has 84 valence electrons. The first kappa shape index (κ1) is 9.60. The van der Waals surface area contributed by atoms with E-state index < -0.39 is 23.0 Å². The molecule has 3 rings (SSSR count). The lowest BCUT2D eigenvalue weighted by atomic mass is 9.79. The Morgan fingerprint density at radius 1 is 1.25 bits per heavy atom. The predicted octanol–water partition coefficient (Wildman–Crippen LogP) is -0.899. The van der Waals surface area contributed by atoms with Crippen molar-refractivity contribution in [2.24, 2.45) is 5.41 Å². The van der Waals surface area contributed by atoms with Crippen LogP contribution in [0.5, 0.6) is 0 Å². The smallest absolute Gasteiger partial charge is 0.328 e. The average Bonchev–Trinajstić information content (AvgIpc) is 2.72. The van der Waals surface area contributed by atoms with Gasteiger partial charge in [0, 0.05) is 12.8 Å². The summed E-state index contributed by atoms with van der Waals surface area (Å²) in [5.41, 5.74) is -2.01. The van der Waals surface area contributed by atoms with Gasteiger partial charge in [-0.2, -0.15) is 5.26 Å². The van der Waals surface area contributed by atoms with Crippen molar-refractivity contribution in [3.8, 4) is 6.07 Å². The molecule has 0 aromatic carbocycles. The predicted molar refractivity (Wildman–Crippen MR) is 48.9 cm³/mol. The molecule has 3 saturated heterocycles. The highest BCUT2D eigenvalue weighted by Gasteiger charge is 2.74. The van der Waals surface area contributed by atoms with Crippen molar-refractivity contribution < 1.29 is 19.1 Å². The van der Waals surface area contributed by atoms with Crippen LogP contribution in [0.4, 0.5) is 0 Å². The first-order valence-electron chi connectivity index (χ1n) is 5.19. The largest absolute Gasteiger partial charge is 0.464 e. The van der Waals surface area contributed by atoms with Gasteiger partial charge in [-0.3, -0.25) is 10.1 Å². The van der Waals surface area contributed by atoms with Crippen LogP contribution in [-0.2, 0) is 19.1 Å². The molecule has 0 bridgehead atoms. The molecule has 1 spiro atoms. The number of rotatable bonds is 1. The standard InChI is InChI=1S/C10H10N2O4/c11-5-9(1-3-15-7(9)13)6-10(12-6)2-4-16-8(10)14/h6,12H,1-4H2/t6-,9+,10+/m1/s1. The van der Waals surface area contributed by atoms with E-state index in [1.807, 2.05) is 6.07 Å². The fourth-order valence-electron chi connectivity index (χ4n) is 2.65. The quantitative estimate of drug-likeness (QED) is 0.456. The van der Waals surface area contributed by atoms with Gasteiger partial charge >= 0.3 is 11.9 Å². The van der Waals surface area contributed by atoms with Gasteiger partial charge < -0.3 is 9.47 Å². The number of nitrogens with zero attached hydrogens (tertiary/aromatic N) is 1. The molecule has 0 unspecified atom stereocenters. The minimum Gasteiger partial charge on any atom is -0.464 e. The lowest BCUT2D eigenvalue weighted by molar-refractivity contribution is -0.144. The molecule has 0 aliphatic carbocycles. The molecular weight excluding hydrogens is 212 g/mol. The Balaban J connectivity index is 1.93. The van der Waals surface area contributed by atoms with E-state index in [-0.39, 0.29) is 12.6 Å². The molecule has 3 aliphatic heterocycles. The molecule has 6 nitrogen and oxygen atoms in total. The summed E-state index contributed by atoms with van der Waals surface area (Å²) in [6.07, 6.45) is 0.863. The van der Waals surface area contributed by atoms with Crippen LogP contribution in [0.3, 0.4) is 0 Å². The van der Waals surface area contributed by atoms with Gasteiger partial charge in [-0.25, -0.2) is 4.79 Å². The van der Waals surface area contributed by atoms with E-state index in [9.17, 15) is 14.9 Å². The van der Waals surface area contributed by atoms with Crippen molar-refractivity contribution in [2.75, 3.05) is 13.2 Å².